The van der Waals surface area contributed by atoms with E-state index in [1.165, 1.54) is 19.3 Å². The van der Waals surface area contributed by atoms with E-state index in [2.05, 4.69) is 54.5 Å². The van der Waals surface area contributed by atoms with Crippen LogP contribution in [-0.2, 0) is 0 Å². The van der Waals surface area contributed by atoms with Crippen molar-refractivity contribution in [1.29, 1.82) is 0 Å². The molecular weight excluding hydrogens is 408 g/mol. The maximum Gasteiger partial charge on any atom is 0.0618 e. The smallest absolute Gasteiger partial charge is 0.0618 e. The summed E-state index contributed by atoms with van der Waals surface area (Å²) >= 11 is 0. The minimum atomic E-state index is -0.392. The summed E-state index contributed by atoms with van der Waals surface area (Å²) in [5, 5.41) is 32.6. The highest BCUT2D eigenvalue weighted by molar-refractivity contribution is 5.34. The lowest BCUT2D eigenvalue weighted by atomic mass is 9.33. The number of hydrogen-bond donors (Lipinski definition) is 3. The maximum atomic E-state index is 11.3. The fourth-order valence-corrected chi connectivity index (χ4v) is 10.7. The number of aliphatic hydroxyl groups is 3. The Kier molecular flexibility index (Phi) is 5.23. The van der Waals surface area contributed by atoms with E-state index in [4.69, 9.17) is 0 Å². The third kappa shape index (κ3) is 2.91. The zero-order valence-electron chi connectivity index (χ0n) is 22.4. The summed E-state index contributed by atoms with van der Waals surface area (Å²) in [5.41, 5.74) is 2.04. The van der Waals surface area contributed by atoms with E-state index in [0.29, 0.717) is 17.8 Å². The SMILES string of the molecule is CC1(C)CC2C3=CCC4[C@@]5(C)CC[C@H](O)[C@](C)(CO)C5CC[C@@]4(C)[C@]3(C)CC[C@@]2(C)[C@H](O)C1. The lowest BCUT2D eigenvalue weighted by Crippen LogP contribution is -2.66. The van der Waals surface area contributed by atoms with Crippen molar-refractivity contribution in [3.8, 4) is 0 Å². The van der Waals surface area contributed by atoms with Crippen LogP contribution < -0.4 is 0 Å². The largest absolute Gasteiger partial charge is 0.396 e. The summed E-state index contributed by atoms with van der Waals surface area (Å²) in [7, 11) is 0. The van der Waals surface area contributed by atoms with Crippen LogP contribution in [-0.4, -0.2) is 34.1 Å². The van der Waals surface area contributed by atoms with E-state index < -0.39 is 6.10 Å². The molecule has 3 nitrogen and oxygen atoms in total. The fraction of sp³-hybridized carbons (Fsp3) is 0.933. The van der Waals surface area contributed by atoms with Gasteiger partial charge in [-0.05, 0) is 97.2 Å². The van der Waals surface area contributed by atoms with Gasteiger partial charge in [0.05, 0.1) is 18.8 Å². The predicted octanol–water partition coefficient (Wildman–Crippen LogP) is 6.11. The molecular formula is C30H50O3. The summed E-state index contributed by atoms with van der Waals surface area (Å²) in [5.74, 6) is 1.44. The van der Waals surface area contributed by atoms with Gasteiger partial charge in [-0.25, -0.2) is 0 Å². The van der Waals surface area contributed by atoms with Crippen LogP contribution in [0.2, 0.25) is 0 Å². The third-order valence-electron chi connectivity index (χ3n) is 13.2. The number of aliphatic hydroxyl groups excluding tert-OH is 3. The fourth-order valence-electron chi connectivity index (χ4n) is 10.7. The van der Waals surface area contributed by atoms with Gasteiger partial charge in [-0.3, -0.25) is 0 Å². The number of rotatable bonds is 1. The monoisotopic (exact) mass is 458 g/mol. The van der Waals surface area contributed by atoms with Gasteiger partial charge in [0.2, 0.25) is 0 Å². The van der Waals surface area contributed by atoms with Gasteiger partial charge in [0.1, 0.15) is 0 Å². The summed E-state index contributed by atoms with van der Waals surface area (Å²) in [4.78, 5) is 0. The average molecular weight is 459 g/mol. The van der Waals surface area contributed by atoms with Crippen LogP contribution in [0.5, 0.6) is 0 Å². The minimum absolute atomic E-state index is 0.00950. The van der Waals surface area contributed by atoms with Gasteiger partial charge < -0.3 is 15.3 Å². The Bertz CT molecular complexity index is 847. The zero-order chi connectivity index (χ0) is 24.2. The van der Waals surface area contributed by atoms with Crippen molar-refractivity contribution in [2.45, 2.75) is 118 Å². The molecule has 0 bridgehead atoms. The standard InChI is InChI=1S/C30H50O3/c1-25(2)16-20-19-8-9-22-27(4)12-11-23(32)28(5,18-31)21(27)10-13-30(22,7)29(19,6)15-14-26(20,3)24(33)17-25/h8,20-24,31-33H,9-18H2,1-7H3/t20?,21?,22?,23-,24+,26+,27-,28+,29+,30+/m0/s1. The van der Waals surface area contributed by atoms with Gasteiger partial charge in [-0.1, -0.05) is 60.1 Å². The van der Waals surface area contributed by atoms with Gasteiger partial charge in [0.15, 0.2) is 0 Å². The van der Waals surface area contributed by atoms with Gasteiger partial charge in [0.25, 0.3) is 0 Å². The summed E-state index contributed by atoms with van der Waals surface area (Å²) in [6, 6.07) is 0. The molecule has 0 amide bonds. The lowest BCUT2D eigenvalue weighted by Gasteiger charge is -2.71. The van der Waals surface area contributed by atoms with Crippen molar-refractivity contribution < 1.29 is 15.3 Å². The topological polar surface area (TPSA) is 60.7 Å². The van der Waals surface area contributed by atoms with Crippen LogP contribution >= 0.6 is 0 Å². The van der Waals surface area contributed by atoms with Crippen LogP contribution in [0, 0.1) is 50.2 Å². The van der Waals surface area contributed by atoms with Crippen LogP contribution in [0.4, 0.5) is 0 Å². The molecule has 0 aromatic heterocycles. The quantitative estimate of drug-likeness (QED) is 0.415. The van der Waals surface area contributed by atoms with Crippen LogP contribution in [0.25, 0.3) is 0 Å². The number of hydrogen-bond acceptors (Lipinski definition) is 3. The molecule has 0 aliphatic heterocycles. The van der Waals surface area contributed by atoms with E-state index in [1.54, 1.807) is 5.57 Å². The molecule has 0 aromatic rings. The highest BCUT2D eigenvalue weighted by Crippen LogP contribution is 2.75. The van der Waals surface area contributed by atoms with Crippen molar-refractivity contribution in [2.24, 2.45) is 50.2 Å². The van der Waals surface area contributed by atoms with E-state index >= 15 is 0 Å². The molecule has 3 heteroatoms. The second-order valence-corrected chi connectivity index (χ2v) is 15.2. The van der Waals surface area contributed by atoms with Gasteiger partial charge in [-0.2, -0.15) is 0 Å². The number of allylic oxidation sites excluding steroid dienone is 2. The molecule has 4 fully saturated rings. The molecule has 0 spiro atoms. The molecule has 0 heterocycles. The van der Waals surface area contributed by atoms with Gasteiger partial charge in [0, 0.05) is 10.8 Å². The van der Waals surface area contributed by atoms with E-state index in [0.717, 1.165) is 38.5 Å². The molecule has 4 saturated carbocycles. The maximum absolute atomic E-state index is 11.3. The molecule has 33 heavy (non-hydrogen) atoms. The van der Waals surface area contributed by atoms with Crippen LogP contribution in [0.1, 0.15) is 106 Å². The van der Waals surface area contributed by atoms with E-state index in [1.807, 2.05) is 0 Å². The summed E-state index contributed by atoms with van der Waals surface area (Å²) < 4.78 is 0. The highest BCUT2D eigenvalue weighted by Gasteiger charge is 2.69. The summed E-state index contributed by atoms with van der Waals surface area (Å²) in [6.45, 7) is 17.0. The first kappa shape index (κ1) is 24.3. The highest BCUT2D eigenvalue weighted by atomic mass is 16.3. The Hall–Kier alpha value is -0.380. The van der Waals surface area contributed by atoms with Crippen molar-refractivity contribution in [3.63, 3.8) is 0 Å². The van der Waals surface area contributed by atoms with Crippen molar-refractivity contribution >= 4 is 0 Å². The Balaban J connectivity index is 1.58. The average Bonchev–Trinajstić information content (AvgIpc) is 2.73. The van der Waals surface area contributed by atoms with Gasteiger partial charge in [-0.15, -0.1) is 0 Å². The molecule has 3 unspecified atom stereocenters. The first-order valence-electron chi connectivity index (χ1n) is 13.9. The molecule has 0 aromatic carbocycles. The second kappa shape index (κ2) is 7.10. The zero-order valence-corrected chi connectivity index (χ0v) is 22.4. The molecule has 3 N–H and O–H groups in total. The molecule has 5 aliphatic rings. The van der Waals surface area contributed by atoms with Crippen LogP contribution in [0.15, 0.2) is 11.6 Å². The molecule has 0 radical (unpaired) electrons. The van der Waals surface area contributed by atoms with Crippen molar-refractivity contribution in [2.75, 3.05) is 6.61 Å². The summed E-state index contributed by atoms with van der Waals surface area (Å²) in [6.07, 6.45) is 11.7. The Morgan fingerprint density at radius 1 is 0.788 bits per heavy atom. The molecule has 5 aliphatic carbocycles. The Morgan fingerprint density at radius 2 is 1.48 bits per heavy atom. The Morgan fingerprint density at radius 3 is 2.15 bits per heavy atom. The normalized spacial score (nSPS) is 57.8. The minimum Gasteiger partial charge on any atom is -0.396 e. The van der Waals surface area contributed by atoms with Crippen molar-refractivity contribution in [3.05, 3.63) is 11.6 Å². The first-order chi connectivity index (χ1) is 15.2. The lowest BCUT2D eigenvalue weighted by molar-refractivity contribution is -0.218. The molecule has 10 atom stereocenters. The van der Waals surface area contributed by atoms with Crippen molar-refractivity contribution in [1.82, 2.24) is 0 Å². The van der Waals surface area contributed by atoms with Crippen LogP contribution in [0.3, 0.4) is 0 Å². The van der Waals surface area contributed by atoms with E-state index in [-0.39, 0.29) is 45.2 Å². The van der Waals surface area contributed by atoms with E-state index in [9.17, 15) is 15.3 Å². The molecule has 188 valence electrons. The predicted molar refractivity (Wildman–Crippen MR) is 134 cm³/mol. The van der Waals surface area contributed by atoms with Gasteiger partial charge >= 0.3 is 0 Å². The molecule has 5 rings (SSSR count). The Labute approximate surface area is 202 Å². The third-order valence-corrected chi connectivity index (χ3v) is 13.2. The number of fused-ring (bicyclic) bond motifs is 7. The molecule has 0 saturated heterocycles. The first-order valence-corrected chi connectivity index (χ1v) is 13.9. The second-order valence-electron chi connectivity index (χ2n) is 15.2.